The summed E-state index contributed by atoms with van der Waals surface area (Å²) in [4.78, 5) is 10.5. The molecule has 0 spiro atoms. The van der Waals surface area contributed by atoms with Gasteiger partial charge in [-0.15, -0.1) is 0 Å². The van der Waals surface area contributed by atoms with Gasteiger partial charge >= 0.3 is 20.6 Å². The summed E-state index contributed by atoms with van der Waals surface area (Å²) in [5.74, 6) is -1.69. The molecule has 0 aromatic carbocycles. The first-order valence-electron chi connectivity index (χ1n) is 2.52. The van der Waals surface area contributed by atoms with E-state index in [9.17, 15) is 21.6 Å². The van der Waals surface area contributed by atoms with Crippen molar-refractivity contribution in [1.82, 2.24) is 3.71 Å². The molecule has 0 radical (unpaired) electrons. The molecule has 0 aliphatic heterocycles. The van der Waals surface area contributed by atoms with Crippen LogP contribution < -0.4 is 0 Å². The Labute approximate surface area is 74.2 Å². The Morgan fingerprint density at radius 2 is 1.46 bits per heavy atom. The van der Waals surface area contributed by atoms with E-state index in [1.807, 2.05) is 0 Å². The number of hydrogen-bond acceptors (Lipinski definition) is 5. The minimum Gasteiger partial charge on any atom is -0.268 e. The fraction of sp³-hybridized carbons (Fsp3) is 0. The standard InChI is InChI=1S/C3H5NO7S2/c1-2-3(5)4(12(6,7)8)13(9,10)11/h2H,1H2,(H,6,7,8)(H,9,10,11). The zero-order chi connectivity index (χ0) is 10.9. The number of nitrogens with zero attached hydrogens (tertiary/aromatic N) is 1. The second-order valence-electron chi connectivity index (χ2n) is 1.70. The Kier molecular flexibility index (Phi) is 3.16. The second kappa shape index (κ2) is 3.41. The van der Waals surface area contributed by atoms with Crippen molar-refractivity contribution in [3.8, 4) is 0 Å². The van der Waals surface area contributed by atoms with Crippen LogP contribution in [0.2, 0.25) is 0 Å². The van der Waals surface area contributed by atoms with Crippen LogP contribution in [0.3, 0.4) is 0 Å². The second-order valence-corrected chi connectivity index (χ2v) is 4.45. The lowest BCUT2D eigenvalue weighted by Crippen LogP contribution is -2.39. The predicted molar refractivity (Wildman–Crippen MR) is 40.1 cm³/mol. The number of carbonyl (C=O) groups is 1. The van der Waals surface area contributed by atoms with Gasteiger partial charge in [0.25, 0.3) is 5.91 Å². The summed E-state index contributed by atoms with van der Waals surface area (Å²) in [6.07, 6.45) is 0.293. The summed E-state index contributed by atoms with van der Waals surface area (Å²) in [5.41, 5.74) is 0. The minimum atomic E-state index is -5.36. The summed E-state index contributed by atoms with van der Waals surface area (Å²) in [6.45, 7) is 2.77. The topological polar surface area (TPSA) is 129 Å². The van der Waals surface area contributed by atoms with E-state index in [0.717, 1.165) is 0 Å². The van der Waals surface area contributed by atoms with Crippen LogP contribution in [0.15, 0.2) is 12.7 Å². The SMILES string of the molecule is C=CC(=O)N(S(=O)(=O)O)S(=O)(=O)O. The molecule has 1 amide bonds. The summed E-state index contributed by atoms with van der Waals surface area (Å²) < 4.78 is 56.3. The molecule has 0 saturated carbocycles. The van der Waals surface area contributed by atoms with Gasteiger partial charge in [0.1, 0.15) is 0 Å². The van der Waals surface area contributed by atoms with Crippen LogP contribution >= 0.6 is 0 Å². The molecular weight excluding hydrogens is 226 g/mol. The van der Waals surface area contributed by atoms with Crippen LogP contribution in [0.1, 0.15) is 0 Å². The van der Waals surface area contributed by atoms with Crippen molar-refractivity contribution in [3.63, 3.8) is 0 Å². The molecular formula is C3H5NO7S2. The van der Waals surface area contributed by atoms with Crippen molar-refractivity contribution in [3.05, 3.63) is 12.7 Å². The van der Waals surface area contributed by atoms with Crippen LogP contribution in [0.4, 0.5) is 0 Å². The van der Waals surface area contributed by atoms with E-state index in [4.69, 9.17) is 9.11 Å². The molecule has 0 fully saturated rings. The van der Waals surface area contributed by atoms with Gasteiger partial charge in [-0.2, -0.15) is 16.8 Å². The first-order chi connectivity index (χ1) is 5.60. The summed E-state index contributed by atoms with van der Waals surface area (Å²) in [7, 11) is -10.7. The van der Waals surface area contributed by atoms with Crippen LogP contribution in [0.5, 0.6) is 0 Å². The van der Waals surface area contributed by atoms with Gasteiger partial charge < -0.3 is 0 Å². The average molecular weight is 231 g/mol. The molecule has 0 saturated heterocycles. The van der Waals surface area contributed by atoms with Crippen molar-refractivity contribution >= 4 is 26.5 Å². The van der Waals surface area contributed by atoms with Gasteiger partial charge in [0.2, 0.25) is 0 Å². The van der Waals surface area contributed by atoms with E-state index in [1.165, 1.54) is 0 Å². The highest BCUT2D eigenvalue weighted by Gasteiger charge is 2.34. The largest absolute Gasteiger partial charge is 0.377 e. The molecule has 8 nitrogen and oxygen atoms in total. The van der Waals surface area contributed by atoms with Gasteiger partial charge in [-0.25, -0.2) is 0 Å². The van der Waals surface area contributed by atoms with Crippen molar-refractivity contribution in [2.24, 2.45) is 0 Å². The zero-order valence-electron chi connectivity index (χ0n) is 5.98. The normalized spacial score (nSPS) is 12.2. The maximum atomic E-state index is 10.5. The minimum absolute atomic E-state index is 0.293. The van der Waals surface area contributed by atoms with Crippen molar-refractivity contribution < 1.29 is 30.7 Å². The molecule has 0 aliphatic rings. The highest BCUT2D eigenvalue weighted by atomic mass is 32.3. The van der Waals surface area contributed by atoms with Crippen molar-refractivity contribution in [2.45, 2.75) is 0 Å². The highest BCUT2D eigenvalue weighted by molar-refractivity contribution is 7.99. The quantitative estimate of drug-likeness (QED) is 0.451. The molecule has 0 aromatic heterocycles. The van der Waals surface area contributed by atoms with Crippen LogP contribution in [0.25, 0.3) is 0 Å². The Bertz CT molecular complexity index is 385. The smallest absolute Gasteiger partial charge is 0.268 e. The first-order valence-corrected chi connectivity index (χ1v) is 5.32. The fourth-order valence-corrected chi connectivity index (χ4v) is 1.98. The van der Waals surface area contributed by atoms with Crippen LogP contribution in [0, 0.1) is 0 Å². The van der Waals surface area contributed by atoms with Crippen molar-refractivity contribution in [2.75, 3.05) is 0 Å². The number of rotatable bonds is 3. The fourth-order valence-electron chi connectivity index (χ4n) is 0.421. The molecule has 0 unspecified atom stereocenters. The lowest BCUT2D eigenvalue weighted by molar-refractivity contribution is -0.118. The van der Waals surface area contributed by atoms with Gasteiger partial charge in [0.05, 0.1) is 0 Å². The van der Waals surface area contributed by atoms with Gasteiger partial charge in [-0.3, -0.25) is 13.9 Å². The maximum Gasteiger partial charge on any atom is 0.377 e. The molecule has 0 heterocycles. The summed E-state index contributed by atoms with van der Waals surface area (Å²) in [6, 6.07) is 0. The molecule has 0 atom stereocenters. The lowest BCUT2D eigenvalue weighted by Gasteiger charge is -2.11. The van der Waals surface area contributed by atoms with E-state index in [1.54, 1.807) is 0 Å². The summed E-state index contributed by atoms with van der Waals surface area (Å²) >= 11 is 0. The van der Waals surface area contributed by atoms with Gasteiger partial charge in [0.15, 0.2) is 0 Å². The molecule has 76 valence electrons. The Balaban J connectivity index is 5.53. The predicted octanol–water partition coefficient (Wildman–Crippen LogP) is -1.39. The van der Waals surface area contributed by atoms with Crippen molar-refractivity contribution in [1.29, 1.82) is 0 Å². The third kappa shape index (κ3) is 3.10. The maximum absolute atomic E-state index is 10.5. The summed E-state index contributed by atoms with van der Waals surface area (Å²) in [5, 5.41) is 0. The average Bonchev–Trinajstić information content (AvgIpc) is 1.80. The molecule has 0 bridgehead atoms. The number of hydrogen-bond donors (Lipinski definition) is 2. The monoisotopic (exact) mass is 231 g/mol. The van der Waals surface area contributed by atoms with Crippen LogP contribution in [-0.2, 0) is 25.4 Å². The van der Waals surface area contributed by atoms with E-state index < -0.39 is 30.2 Å². The number of amides is 1. The lowest BCUT2D eigenvalue weighted by atomic mass is 10.6. The van der Waals surface area contributed by atoms with Gasteiger partial charge in [-0.1, -0.05) is 10.3 Å². The first kappa shape index (κ1) is 12.0. The van der Waals surface area contributed by atoms with Gasteiger partial charge in [0, 0.05) is 0 Å². The molecule has 0 aromatic rings. The third-order valence-electron chi connectivity index (χ3n) is 0.774. The molecule has 10 heteroatoms. The van der Waals surface area contributed by atoms with E-state index in [0.29, 0.717) is 6.08 Å². The third-order valence-corrected chi connectivity index (χ3v) is 3.10. The Hall–Kier alpha value is -0.970. The Morgan fingerprint density at radius 3 is 1.54 bits per heavy atom. The number of carbonyl (C=O) groups excluding carboxylic acids is 1. The highest BCUT2D eigenvalue weighted by Crippen LogP contribution is 2.05. The van der Waals surface area contributed by atoms with E-state index in [-0.39, 0.29) is 0 Å². The van der Waals surface area contributed by atoms with E-state index in [2.05, 4.69) is 6.58 Å². The zero-order valence-corrected chi connectivity index (χ0v) is 7.62. The molecule has 2 N–H and O–H groups in total. The van der Waals surface area contributed by atoms with Gasteiger partial charge in [-0.05, 0) is 6.08 Å². The Morgan fingerprint density at radius 1 is 1.15 bits per heavy atom. The molecule has 13 heavy (non-hydrogen) atoms. The molecule has 0 aliphatic carbocycles. The van der Waals surface area contributed by atoms with E-state index >= 15 is 0 Å². The van der Waals surface area contributed by atoms with Crippen LogP contribution in [-0.4, -0.2) is 35.6 Å². The molecule has 0 rings (SSSR count).